The molecule has 2 aromatic carbocycles. The fourth-order valence-electron chi connectivity index (χ4n) is 3.66. The SMILES string of the molecule is COc1ccc(N2C[C@@H](C(=O)Nc3ccc4c(c3)NC(=O)[C@H](C)O4)CC2=O)cc1OC. The van der Waals surface area contributed by atoms with Crippen molar-refractivity contribution in [1.29, 1.82) is 0 Å². The number of fused-ring (bicyclic) bond motifs is 1. The molecule has 2 aliphatic heterocycles. The molecule has 0 spiro atoms. The second kappa shape index (κ2) is 8.17. The van der Waals surface area contributed by atoms with E-state index >= 15 is 0 Å². The van der Waals surface area contributed by atoms with Crippen molar-refractivity contribution >= 4 is 34.8 Å². The number of amides is 3. The van der Waals surface area contributed by atoms with Crippen LogP contribution < -0.4 is 29.7 Å². The molecule has 0 unspecified atom stereocenters. The zero-order valence-corrected chi connectivity index (χ0v) is 17.4. The highest BCUT2D eigenvalue weighted by Crippen LogP contribution is 2.35. The summed E-state index contributed by atoms with van der Waals surface area (Å²) in [6.45, 7) is 1.91. The van der Waals surface area contributed by atoms with Crippen LogP contribution in [0.15, 0.2) is 36.4 Å². The van der Waals surface area contributed by atoms with Crippen LogP contribution in [-0.2, 0) is 14.4 Å². The number of methoxy groups -OCH3 is 2. The predicted octanol–water partition coefficient (Wildman–Crippen LogP) is 2.41. The third kappa shape index (κ3) is 3.98. The van der Waals surface area contributed by atoms with Crippen molar-refractivity contribution < 1.29 is 28.6 Å². The normalized spacial score (nSPS) is 19.9. The molecule has 2 atom stereocenters. The average Bonchev–Trinajstić information content (AvgIpc) is 3.16. The summed E-state index contributed by atoms with van der Waals surface area (Å²) in [5, 5.41) is 5.57. The summed E-state index contributed by atoms with van der Waals surface area (Å²) >= 11 is 0. The zero-order valence-electron chi connectivity index (χ0n) is 17.4. The van der Waals surface area contributed by atoms with E-state index in [0.717, 1.165) is 0 Å². The lowest BCUT2D eigenvalue weighted by Crippen LogP contribution is -2.34. The Morgan fingerprint density at radius 2 is 1.90 bits per heavy atom. The molecule has 4 rings (SSSR count). The molecule has 3 amide bonds. The standard InChI is InChI=1S/C22H23N3O6/c1-12-21(27)24-16-9-14(4-6-17(16)31-12)23-22(28)13-8-20(26)25(11-13)15-5-7-18(29-2)19(10-15)30-3/h4-7,9-10,12-13H,8,11H2,1-3H3,(H,23,28)(H,24,27)/t12-,13-/m0/s1. The maximum atomic E-state index is 12.8. The van der Waals surface area contributed by atoms with Crippen molar-refractivity contribution in [3.8, 4) is 17.2 Å². The summed E-state index contributed by atoms with van der Waals surface area (Å²) in [5.41, 5.74) is 1.65. The third-order valence-electron chi connectivity index (χ3n) is 5.35. The first-order chi connectivity index (χ1) is 14.9. The Labute approximate surface area is 179 Å². The number of nitrogens with zero attached hydrogens (tertiary/aromatic N) is 1. The maximum Gasteiger partial charge on any atom is 0.265 e. The van der Waals surface area contributed by atoms with Gasteiger partial charge in [0, 0.05) is 30.4 Å². The number of carbonyl (C=O) groups is 3. The van der Waals surface area contributed by atoms with E-state index in [1.165, 1.54) is 14.2 Å². The largest absolute Gasteiger partial charge is 0.493 e. The first-order valence-corrected chi connectivity index (χ1v) is 9.84. The number of anilines is 3. The van der Waals surface area contributed by atoms with Crippen LogP contribution in [0, 0.1) is 5.92 Å². The minimum atomic E-state index is -0.569. The van der Waals surface area contributed by atoms with Gasteiger partial charge >= 0.3 is 0 Å². The summed E-state index contributed by atoms with van der Waals surface area (Å²) in [7, 11) is 3.06. The fraction of sp³-hybridized carbons (Fsp3) is 0.318. The third-order valence-corrected chi connectivity index (χ3v) is 5.35. The fourth-order valence-corrected chi connectivity index (χ4v) is 3.66. The van der Waals surface area contributed by atoms with Crippen LogP contribution in [0.4, 0.5) is 17.1 Å². The van der Waals surface area contributed by atoms with Gasteiger partial charge in [0.15, 0.2) is 17.6 Å². The van der Waals surface area contributed by atoms with Gasteiger partial charge in [-0.05, 0) is 37.3 Å². The maximum absolute atomic E-state index is 12.8. The lowest BCUT2D eigenvalue weighted by molar-refractivity contribution is -0.122. The Balaban J connectivity index is 1.46. The summed E-state index contributed by atoms with van der Waals surface area (Å²) < 4.78 is 16.1. The van der Waals surface area contributed by atoms with Crippen molar-refractivity contribution in [2.75, 3.05) is 36.3 Å². The Bertz CT molecular complexity index is 1050. The van der Waals surface area contributed by atoms with Gasteiger partial charge in [-0.1, -0.05) is 0 Å². The van der Waals surface area contributed by atoms with Crippen LogP contribution in [0.3, 0.4) is 0 Å². The Morgan fingerprint density at radius 3 is 2.65 bits per heavy atom. The van der Waals surface area contributed by atoms with Gasteiger partial charge in [-0.15, -0.1) is 0 Å². The molecule has 1 saturated heterocycles. The van der Waals surface area contributed by atoms with Crippen LogP contribution in [0.2, 0.25) is 0 Å². The van der Waals surface area contributed by atoms with E-state index in [2.05, 4.69) is 10.6 Å². The number of hydrogen-bond acceptors (Lipinski definition) is 6. The Morgan fingerprint density at radius 1 is 1.13 bits per heavy atom. The lowest BCUT2D eigenvalue weighted by atomic mass is 10.1. The minimum absolute atomic E-state index is 0.0997. The summed E-state index contributed by atoms with van der Waals surface area (Å²) in [6, 6.07) is 10.2. The van der Waals surface area contributed by atoms with Crippen LogP contribution in [-0.4, -0.2) is 44.6 Å². The van der Waals surface area contributed by atoms with Crippen LogP contribution in [0.1, 0.15) is 13.3 Å². The summed E-state index contributed by atoms with van der Waals surface area (Å²) in [5.74, 6) is 0.435. The monoisotopic (exact) mass is 425 g/mol. The van der Waals surface area contributed by atoms with Gasteiger partial charge in [-0.2, -0.15) is 0 Å². The minimum Gasteiger partial charge on any atom is -0.493 e. The van der Waals surface area contributed by atoms with Gasteiger partial charge in [-0.3, -0.25) is 14.4 Å². The van der Waals surface area contributed by atoms with Gasteiger partial charge in [-0.25, -0.2) is 0 Å². The van der Waals surface area contributed by atoms with Crippen molar-refractivity contribution in [1.82, 2.24) is 0 Å². The zero-order chi connectivity index (χ0) is 22.1. The molecular formula is C22H23N3O6. The highest BCUT2D eigenvalue weighted by Gasteiger charge is 2.35. The summed E-state index contributed by atoms with van der Waals surface area (Å²) in [4.78, 5) is 38.7. The average molecular weight is 425 g/mol. The molecule has 2 aromatic rings. The molecular weight excluding hydrogens is 402 g/mol. The van der Waals surface area contributed by atoms with E-state index in [9.17, 15) is 14.4 Å². The number of hydrogen-bond donors (Lipinski definition) is 2. The molecule has 0 saturated carbocycles. The lowest BCUT2D eigenvalue weighted by Gasteiger charge is -2.24. The first kappa shape index (κ1) is 20.5. The van der Waals surface area contributed by atoms with E-state index in [0.29, 0.717) is 34.3 Å². The molecule has 2 N–H and O–H groups in total. The number of carbonyl (C=O) groups excluding carboxylic acids is 3. The topological polar surface area (TPSA) is 106 Å². The molecule has 0 bridgehead atoms. The predicted molar refractivity (Wildman–Crippen MR) is 114 cm³/mol. The Kier molecular flexibility index (Phi) is 5.41. The van der Waals surface area contributed by atoms with Crippen molar-refractivity contribution in [2.45, 2.75) is 19.4 Å². The number of nitrogens with one attached hydrogen (secondary N) is 2. The molecule has 0 aliphatic carbocycles. The van der Waals surface area contributed by atoms with Gasteiger partial charge in [0.1, 0.15) is 5.75 Å². The second-order valence-electron chi connectivity index (χ2n) is 7.39. The molecule has 162 valence electrons. The van der Waals surface area contributed by atoms with Crippen LogP contribution in [0.5, 0.6) is 17.2 Å². The van der Waals surface area contributed by atoms with E-state index in [1.807, 2.05) is 0 Å². The van der Waals surface area contributed by atoms with Crippen molar-refractivity contribution in [3.05, 3.63) is 36.4 Å². The molecule has 0 aromatic heterocycles. The highest BCUT2D eigenvalue weighted by atomic mass is 16.5. The highest BCUT2D eigenvalue weighted by molar-refractivity contribution is 6.04. The van der Waals surface area contributed by atoms with Crippen molar-refractivity contribution in [2.24, 2.45) is 5.92 Å². The molecule has 9 nitrogen and oxygen atoms in total. The van der Waals surface area contributed by atoms with Gasteiger partial charge < -0.3 is 29.7 Å². The first-order valence-electron chi connectivity index (χ1n) is 9.84. The van der Waals surface area contributed by atoms with E-state index < -0.39 is 12.0 Å². The molecule has 9 heteroatoms. The van der Waals surface area contributed by atoms with Crippen molar-refractivity contribution in [3.63, 3.8) is 0 Å². The van der Waals surface area contributed by atoms with Crippen LogP contribution in [0.25, 0.3) is 0 Å². The van der Waals surface area contributed by atoms with Crippen LogP contribution >= 0.6 is 0 Å². The van der Waals surface area contributed by atoms with E-state index in [1.54, 1.807) is 48.2 Å². The molecule has 31 heavy (non-hydrogen) atoms. The molecule has 1 fully saturated rings. The smallest absolute Gasteiger partial charge is 0.265 e. The summed E-state index contributed by atoms with van der Waals surface area (Å²) in [6.07, 6.45) is -0.470. The Hall–Kier alpha value is -3.75. The van der Waals surface area contributed by atoms with Gasteiger partial charge in [0.05, 0.1) is 25.8 Å². The molecule has 0 radical (unpaired) electrons. The van der Waals surface area contributed by atoms with E-state index in [4.69, 9.17) is 14.2 Å². The van der Waals surface area contributed by atoms with Gasteiger partial charge in [0.25, 0.3) is 5.91 Å². The number of rotatable bonds is 5. The van der Waals surface area contributed by atoms with Gasteiger partial charge in [0.2, 0.25) is 11.8 Å². The molecule has 2 aliphatic rings. The number of benzene rings is 2. The quantitative estimate of drug-likeness (QED) is 0.762. The number of ether oxygens (including phenoxy) is 3. The second-order valence-corrected chi connectivity index (χ2v) is 7.39. The molecule has 2 heterocycles. The van der Waals surface area contributed by atoms with E-state index in [-0.39, 0.29) is 30.7 Å².